The number of carbonyl (C=O) groups excluding carboxylic acids is 1. The SMILES string of the molecule is CC(Nc1ccc(NC(=O)C2CNCCO2)cc1)c1ccccc1.Cl. The third-order valence-corrected chi connectivity index (χ3v) is 4.06. The molecule has 0 aliphatic carbocycles. The summed E-state index contributed by atoms with van der Waals surface area (Å²) >= 11 is 0. The molecule has 1 aliphatic rings. The zero-order valence-corrected chi connectivity index (χ0v) is 15.0. The summed E-state index contributed by atoms with van der Waals surface area (Å²) in [6.07, 6.45) is -0.422. The zero-order valence-electron chi connectivity index (χ0n) is 14.2. The first kappa shape index (κ1) is 19.2. The smallest absolute Gasteiger partial charge is 0.254 e. The summed E-state index contributed by atoms with van der Waals surface area (Å²) in [7, 11) is 0. The van der Waals surface area contributed by atoms with Crippen LogP contribution in [0.5, 0.6) is 0 Å². The molecule has 3 N–H and O–H groups in total. The fraction of sp³-hybridized carbons (Fsp3) is 0.316. The van der Waals surface area contributed by atoms with E-state index in [9.17, 15) is 4.79 Å². The Balaban J connectivity index is 0.00000225. The van der Waals surface area contributed by atoms with Crippen molar-refractivity contribution in [2.45, 2.75) is 19.1 Å². The van der Waals surface area contributed by atoms with Crippen molar-refractivity contribution in [3.8, 4) is 0 Å². The minimum absolute atomic E-state index is 0. The van der Waals surface area contributed by atoms with Gasteiger partial charge in [-0.15, -0.1) is 12.4 Å². The van der Waals surface area contributed by atoms with E-state index in [1.165, 1.54) is 5.56 Å². The van der Waals surface area contributed by atoms with Crippen molar-refractivity contribution in [1.82, 2.24) is 5.32 Å². The number of hydrogen-bond donors (Lipinski definition) is 3. The summed E-state index contributed by atoms with van der Waals surface area (Å²) in [6, 6.07) is 18.2. The molecule has 5 nitrogen and oxygen atoms in total. The van der Waals surface area contributed by atoms with Gasteiger partial charge >= 0.3 is 0 Å². The van der Waals surface area contributed by atoms with Crippen LogP contribution in [0.2, 0.25) is 0 Å². The predicted octanol–water partition coefficient (Wildman–Crippen LogP) is 3.21. The number of amides is 1. The van der Waals surface area contributed by atoms with E-state index < -0.39 is 6.10 Å². The van der Waals surface area contributed by atoms with E-state index in [0.29, 0.717) is 13.2 Å². The van der Waals surface area contributed by atoms with Gasteiger partial charge in [0.25, 0.3) is 5.91 Å². The van der Waals surface area contributed by atoms with Gasteiger partial charge in [-0.3, -0.25) is 4.79 Å². The van der Waals surface area contributed by atoms with Crippen LogP contribution in [0.25, 0.3) is 0 Å². The van der Waals surface area contributed by atoms with Gasteiger partial charge in [-0.25, -0.2) is 0 Å². The van der Waals surface area contributed by atoms with Gasteiger partial charge in [-0.2, -0.15) is 0 Å². The van der Waals surface area contributed by atoms with Gasteiger partial charge in [-0.1, -0.05) is 30.3 Å². The maximum Gasteiger partial charge on any atom is 0.254 e. The molecule has 0 saturated carbocycles. The first-order valence-corrected chi connectivity index (χ1v) is 8.27. The van der Waals surface area contributed by atoms with Crippen LogP contribution in [0.15, 0.2) is 54.6 Å². The number of halogens is 1. The maximum atomic E-state index is 12.1. The van der Waals surface area contributed by atoms with Gasteiger partial charge in [0, 0.05) is 30.5 Å². The second-order valence-electron chi connectivity index (χ2n) is 5.91. The second-order valence-corrected chi connectivity index (χ2v) is 5.91. The molecule has 2 aromatic rings. The number of rotatable bonds is 5. The minimum Gasteiger partial charge on any atom is -0.379 e. The molecule has 1 fully saturated rings. The van der Waals surface area contributed by atoms with E-state index in [4.69, 9.17) is 4.74 Å². The average molecular weight is 362 g/mol. The number of anilines is 2. The van der Waals surface area contributed by atoms with Gasteiger partial charge in [0.1, 0.15) is 6.10 Å². The molecule has 0 bridgehead atoms. The Hall–Kier alpha value is -2.08. The van der Waals surface area contributed by atoms with Crippen LogP contribution in [0.1, 0.15) is 18.5 Å². The Labute approximate surface area is 154 Å². The molecule has 0 aromatic heterocycles. The topological polar surface area (TPSA) is 62.4 Å². The molecule has 3 rings (SSSR count). The normalized spacial score (nSPS) is 17.9. The molecule has 1 amide bonds. The van der Waals surface area contributed by atoms with E-state index in [-0.39, 0.29) is 24.4 Å². The van der Waals surface area contributed by atoms with Gasteiger partial charge in [0.15, 0.2) is 0 Å². The van der Waals surface area contributed by atoms with E-state index >= 15 is 0 Å². The molecular weight excluding hydrogens is 338 g/mol. The highest BCUT2D eigenvalue weighted by atomic mass is 35.5. The van der Waals surface area contributed by atoms with Crippen molar-refractivity contribution in [2.75, 3.05) is 30.3 Å². The van der Waals surface area contributed by atoms with Crippen LogP contribution >= 0.6 is 12.4 Å². The van der Waals surface area contributed by atoms with Crippen molar-refractivity contribution in [2.24, 2.45) is 0 Å². The summed E-state index contributed by atoms with van der Waals surface area (Å²) in [5.74, 6) is -0.111. The molecule has 1 saturated heterocycles. The Bertz CT molecular complexity index is 658. The molecule has 6 heteroatoms. The first-order chi connectivity index (χ1) is 11.7. The average Bonchev–Trinajstić information content (AvgIpc) is 2.65. The third-order valence-electron chi connectivity index (χ3n) is 4.06. The molecule has 134 valence electrons. The Morgan fingerprint density at radius 1 is 1.12 bits per heavy atom. The molecule has 2 unspecified atom stereocenters. The highest BCUT2D eigenvalue weighted by Crippen LogP contribution is 2.20. The summed E-state index contributed by atoms with van der Waals surface area (Å²) in [5, 5.41) is 9.50. The minimum atomic E-state index is -0.422. The van der Waals surface area contributed by atoms with Gasteiger partial charge in [0.05, 0.1) is 6.61 Å². The van der Waals surface area contributed by atoms with Crippen LogP contribution in [0.3, 0.4) is 0 Å². The number of carbonyl (C=O) groups is 1. The van der Waals surface area contributed by atoms with Crippen molar-refractivity contribution in [3.63, 3.8) is 0 Å². The van der Waals surface area contributed by atoms with E-state index in [2.05, 4.69) is 35.0 Å². The van der Waals surface area contributed by atoms with Crippen molar-refractivity contribution >= 4 is 29.7 Å². The Morgan fingerprint density at radius 3 is 2.44 bits per heavy atom. The van der Waals surface area contributed by atoms with Crippen LogP contribution in [0.4, 0.5) is 11.4 Å². The largest absolute Gasteiger partial charge is 0.379 e. The molecule has 0 spiro atoms. The zero-order chi connectivity index (χ0) is 16.8. The van der Waals surface area contributed by atoms with E-state index in [1.807, 2.05) is 42.5 Å². The van der Waals surface area contributed by atoms with Gasteiger partial charge in [0.2, 0.25) is 0 Å². The lowest BCUT2D eigenvalue weighted by molar-refractivity contribution is -0.128. The van der Waals surface area contributed by atoms with Crippen LogP contribution in [0, 0.1) is 0 Å². The van der Waals surface area contributed by atoms with Crippen LogP contribution in [-0.2, 0) is 9.53 Å². The quantitative estimate of drug-likeness (QED) is 0.765. The van der Waals surface area contributed by atoms with Gasteiger partial charge < -0.3 is 20.7 Å². The van der Waals surface area contributed by atoms with Crippen LogP contribution < -0.4 is 16.0 Å². The Morgan fingerprint density at radius 2 is 1.80 bits per heavy atom. The lowest BCUT2D eigenvalue weighted by atomic mass is 10.1. The third kappa shape index (κ3) is 5.46. The molecular formula is C19H24ClN3O2. The standard InChI is InChI=1S/C19H23N3O2.ClH/c1-14(15-5-3-2-4-6-15)21-16-7-9-17(10-8-16)22-19(23)18-13-20-11-12-24-18;/h2-10,14,18,20-21H,11-13H2,1H3,(H,22,23);1H. The molecule has 0 radical (unpaired) electrons. The van der Waals surface area contributed by atoms with Crippen LogP contribution in [-0.4, -0.2) is 31.7 Å². The monoisotopic (exact) mass is 361 g/mol. The molecule has 2 aromatic carbocycles. The first-order valence-electron chi connectivity index (χ1n) is 8.27. The van der Waals surface area contributed by atoms with E-state index in [1.54, 1.807) is 0 Å². The fourth-order valence-corrected chi connectivity index (χ4v) is 2.68. The summed E-state index contributed by atoms with van der Waals surface area (Å²) in [6.45, 7) is 4.04. The van der Waals surface area contributed by atoms with Gasteiger partial charge in [-0.05, 0) is 36.8 Å². The lowest BCUT2D eigenvalue weighted by Gasteiger charge is -2.22. The summed E-state index contributed by atoms with van der Waals surface area (Å²) in [4.78, 5) is 12.1. The fourth-order valence-electron chi connectivity index (χ4n) is 2.68. The predicted molar refractivity (Wildman–Crippen MR) is 103 cm³/mol. The Kier molecular flexibility index (Phi) is 7.25. The van der Waals surface area contributed by atoms with Crippen molar-refractivity contribution in [1.29, 1.82) is 0 Å². The number of benzene rings is 2. The highest BCUT2D eigenvalue weighted by Gasteiger charge is 2.21. The second kappa shape index (κ2) is 9.42. The number of ether oxygens (including phenoxy) is 1. The number of hydrogen-bond acceptors (Lipinski definition) is 4. The maximum absolute atomic E-state index is 12.1. The number of nitrogens with one attached hydrogen (secondary N) is 3. The molecule has 25 heavy (non-hydrogen) atoms. The van der Waals surface area contributed by atoms with Crippen molar-refractivity contribution in [3.05, 3.63) is 60.2 Å². The lowest BCUT2D eigenvalue weighted by Crippen LogP contribution is -2.45. The molecule has 1 heterocycles. The number of morpholine rings is 1. The molecule has 2 atom stereocenters. The van der Waals surface area contributed by atoms with Crippen molar-refractivity contribution < 1.29 is 9.53 Å². The summed E-state index contributed by atoms with van der Waals surface area (Å²) < 4.78 is 5.45. The highest BCUT2D eigenvalue weighted by molar-refractivity contribution is 5.94. The summed E-state index contributed by atoms with van der Waals surface area (Å²) in [5.41, 5.74) is 3.02. The molecule has 1 aliphatic heterocycles. The van der Waals surface area contributed by atoms with E-state index in [0.717, 1.165) is 17.9 Å².